The molecule has 1 aromatic rings. The third-order valence-corrected chi connectivity index (χ3v) is 2.80. The van der Waals surface area contributed by atoms with E-state index in [1.807, 2.05) is 0 Å². The zero-order valence-corrected chi connectivity index (χ0v) is 9.44. The molecule has 0 aliphatic carbocycles. The summed E-state index contributed by atoms with van der Waals surface area (Å²) < 4.78 is 37.7. The molecule has 0 saturated carbocycles. The topological polar surface area (TPSA) is 57.5 Å². The number of aliphatic carboxylic acids is 1. The largest absolute Gasteiger partial charge is 0.479 e. The van der Waals surface area contributed by atoms with Crippen molar-refractivity contribution in [2.45, 2.75) is 11.8 Å². The van der Waals surface area contributed by atoms with Gasteiger partial charge in [-0.1, -0.05) is 29.3 Å². The van der Waals surface area contributed by atoms with Gasteiger partial charge < -0.3 is 10.2 Å². The first-order valence-electron chi connectivity index (χ1n) is 4.08. The van der Waals surface area contributed by atoms with E-state index in [4.69, 9.17) is 28.3 Å². The Morgan fingerprint density at radius 2 is 1.71 bits per heavy atom. The first-order chi connectivity index (χ1) is 7.60. The first kappa shape index (κ1) is 14.1. The van der Waals surface area contributed by atoms with Gasteiger partial charge in [-0.05, 0) is 12.1 Å². The van der Waals surface area contributed by atoms with E-state index in [2.05, 4.69) is 0 Å². The Bertz CT molecular complexity index is 461. The Balaban J connectivity index is 3.44. The average molecular weight is 289 g/mol. The van der Waals surface area contributed by atoms with Crippen molar-refractivity contribution >= 4 is 29.2 Å². The fraction of sp³-hybridized carbons (Fsp3) is 0.222. The Labute approximate surface area is 103 Å². The number of hydrogen-bond donors (Lipinski definition) is 2. The summed E-state index contributed by atoms with van der Waals surface area (Å²) in [7, 11) is 0. The molecule has 1 unspecified atom stereocenters. The highest BCUT2D eigenvalue weighted by Crippen LogP contribution is 2.40. The maximum Gasteiger partial charge on any atom is 0.432 e. The van der Waals surface area contributed by atoms with Gasteiger partial charge >= 0.3 is 12.1 Å². The normalized spacial score (nSPS) is 15.4. The maximum absolute atomic E-state index is 12.6. The quantitative estimate of drug-likeness (QED) is 0.880. The van der Waals surface area contributed by atoms with Gasteiger partial charge in [-0.25, -0.2) is 4.79 Å². The van der Waals surface area contributed by atoms with Crippen LogP contribution >= 0.6 is 23.2 Å². The highest BCUT2D eigenvalue weighted by Gasteiger charge is 2.61. The first-order valence-corrected chi connectivity index (χ1v) is 4.84. The predicted molar refractivity (Wildman–Crippen MR) is 54.0 cm³/mol. The summed E-state index contributed by atoms with van der Waals surface area (Å²) in [6, 6.07) is 2.38. The smallest absolute Gasteiger partial charge is 0.432 e. The van der Waals surface area contributed by atoms with Crippen molar-refractivity contribution in [2.75, 3.05) is 0 Å². The number of carboxylic acid groups (broad SMARTS) is 1. The number of alkyl halides is 3. The van der Waals surface area contributed by atoms with Crippen molar-refractivity contribution in [3.63, 3.8) is 0 Å². The molecule has 2 N–H and O–H groups in total. The highest BCUT2D eigenvalue weighted by atomic mass is 35.5. The summed E-state index contributed by atoms with van der Waals surface area (Å²) in [5.74, 6) is -2.44. The fourth-order valence-electron chi connectivity index (χ4n) is 1.13. The van der Waals surface area contributed by atoms with Crippen LogP contribution in [0.5, 0.6) is 0 Å². The van der Waals surface area contributed by atoms with Gasteiger partial charge in [-0.15, -0.1) is 0 Å². The molecule has 8 heteroatoms. The zero-order chi connectivity index (χ0) is 13.4. The molecule has 0 aromatic heterocycles. The van der Waals surface area contributed by atoms with Crippen molar-refractivity contribution in [3.8, 4) is 0 Å². The summed E-state index contributed by atoms with van der Waals surface area (Å²) in [6.45, 7) is 0. The lowest BCUT2D eigenvalue weighted by atomic mass is 9.93. The molecule has 1 atom stereocenters. The molecule has 0 bridgehead atoms. The van der Waals surface area contributed by atoms with Gasteiger partial charge in [-0.2, -0.15) is 13.2 Å². The van der Waals surface area contributed by atoms with Crippen LogP contribution in [0.15, 0.2) is 18.2 Å². The number of aliphatic hydroxyl groups is 1. The van der Waals surface area contributed by atoms with E-state index in [1.165, 1.54) is 0 Å². The summed E-state index contributed by atoms with van der Waals surface area (Å²) in [5.41, 5.74) is -4.92. The van der Waals surface area contributed by atoms with Gasteiger partial charge in [0.1, 0.15) is 0 Å². The van der Waals surface area contributed by atoms with Crippen LogP contribution in [0.2, 0.25) is 10.0 Å². The number of benzene rings is 1. The molecular weight excluding hydrogens is 284 g/mol. The number of halogens is 5. The van der Waals surface area contributed by atoms with Crippen LogP contribution in [-0.4, -0.2) is 22.4 Å². The lowest BCUT2D eigenvalue weighted by Gasteiger charge is -2.26. The summed E-state index contributed by atoms with van der Waals surface area (Å²) in [5, 5.41) is 17.5. The van der Waals surface area contributed by atoms with Crippen LogP contribution in [0, 0.1) is 0 Å². The number of carboxylic acids is 1. The molecule has 0 saturated heterocycles. The van der Waals surface area contributed by atoms with Crippen molar-refractivity contribution in [3.05, 3.63) is 33.8 Å². The second kappa shape index (κ2) is 4.36. The molecule has 1 aromatic carbocycles. The molecule has 94 valence electrons. The summed E-state index contributed by atoms with van der Waals surface area (Å²) in [4.78, 5) is 10.6. The molecule has 1 rings (SSSR count). The fourth-order valence-corrected chi connectivity index (χ4v) is 1.43. The number of carbonyl (C=O) groups is 1. The minimum atomic E-state index is -5.38. The van der Waals surface area contributed by atoms with E-state index >= 15 is 0 Å². The Morgan fingerprint density at radius 1 is 1.18 bits per heavy atom. The molecular formula is C9H5Cl2F3O3. The molecule has 17 heavy (non-hydrogen) atoms. The minimum absolute atomic E-state index is 0.0506. The SMILES string of the molecule is O=C(O)C(O)(c1ccc(Cl)c(Cl)c1)C(F)(F)F. The van der Waals surface area contributed by atoms with Crippen molar-refractivity contribution in [2.24, 2.45) is 0 Å². The molecule has 0 aliphatic rings. The molecule has 0 fully saturated rings. The molecule has 3 nitrogen and oxygen atoms in total. The third-order valence-electron chi connectivity index (χ3n) is 2.06. The Morgan fingerprint density at radius 3 is 2.06 bits per heavy atom. The van der Waals surface area contributed by atoms with Crippen LogP contribution < -0.4 is 0 Å². The molecule has 0 aliphatic heterocycles. The van der Waals surface area contributed by atoms with E-state index in [9.17, 15) is 23.1 Å². The minimum Gasteiger partial charge on any atom is -0.479 e. The summed E-state index contributed by atoms with van der Waals surface area (Å²) in [6.07, 6.45) is -5.38. The van der Waals surface area contributed by atoms with Crippen molar-refractivity contribution < 1.29 is 28.2 Å². The predicted octanol–water partition coefficient (Wildman–Crippen LogP) is 2.83. The maximum atomic E-state index is 12.6. The van der Waals surface area contributed by atoms with Crippen LogP contribution in [0.1, 0.15) is 5.56 Å². The van der Waals surface area contributed by atoms with Crippen LogP contribution in [0.25, 0.3) is 0 Å². The highest BCUT2D eigenvalue weighted by molar-refractivity contribution is 6.42. The van der Waals surface area contributed by atoms with E-state index in [0.717, 1.165) is 12.1 Å². The van der Waals surface area contributed by atoms with Gasteiger partial charge in [0, 0.05) is 5.56 Å². The van der Waals surface area contributed by atoms with Gasteiger partial charge in [0.05, 0.1) is 10.0 Å². The molecule has 0 radical (unpaired) electrons. The van der Waals surface area contributed by atoms with Crippen LogP contribution in [0.4, 0.5) is 13.2 Å². The molecule has 0 amide bonds. The van der Waals surface area contributed by atoms with E-state index < -0.39 is 23.3 Å². The second-order valence-electron chi connectivity index (χ2n) is 3.14. The lowest BCUT2D eigenvalue weighted by molar-refractivity contribution is -0.265. The number of rotatable bonds is 2. The summed E-state index contributed by atoms with van der Waals surface area (Å²) >= 11 is 11.0. The lowest BCUT2D eigenvalue weighted by Crippen LogP contribution is -2.49. The average Bonchev–Trinajstić information content (AvgIpc) is 2.19. The monoisotopic (exact) mass is 288 g/mol. The van der Waals surface area contributed by atoms with E-state index in [0.29, 0.717) is 6.07 Å². The standard InChI is InChI=1S/C9H5Cl2F3O3/c10-5-2-1-4(3-6(5)11)8(17,7(15)16)9(12,13)14/h1-3,17H,(H,15,16). The van der Waals surface area contributed by atoms with E-state index in [-0.39, 0.29) is 10.0 Å². The Kier molecular flexibility index (Phi) is 3.61. The van der Waals surface area contributed by atoms with Gasteiger partial charge in [0.15, 0.2) is 0 Å². The number of hydrogen-bond acceptors (Lipinski definition) is 2. The molecule has 0 heterocycles. The van der Waals surface area contributed by atoms with Crippen LogP contribution in [-0.2, 0) is 10.4 Å². The van der Waals surface area contributed by atoms with Crippen LogP contribution in [0.3, 0.4) is 0 Å². The van der Waals surface area contributed by atoms with Gasteiger partial charge in [-0.3, -0.25) is 0 Å². The van der Waals surface area contributed by atoms with Gasteiger partial charge in [0.2, 0.25) is 0 Å². The third kappa shape index (κ3) is 2.34. The molecule has 0 spiro atoms. The van der Waals surface area contributed by atoms with E-state index in [1.54, 1.807) is 0 Å². The second-order valence-corrected chi connectivity index (χ2v) is 3.96. The van der Waals surface area contributed by atoms with Crippen molar-refractivity contribution in [1.29, 1.82) is 0 Å². The Hall–Kier alpha value is -0.980. The van der Waals surface area contributed by atoms with Gasteiger partial charge in [0.25, 0.3) is 5.60 Å². The van der Waals surface area contributed by atoms with Crippen molar-refractivity contribution in [1.82, 2.24) is 0 Å². The zero-order valence-electron chi connectivity index (χ0n) is 7.92.